The summed E-state index contributed by atoms with van der Waals surface area (Å²) in [4.78, 5) is 11.0. The quantitative estimate of drug-likeness (QED) is 0.806. The zero-order valence-electron chi connectivity index (χ0n) is 8.53. The van der Waals surface area contributed by atoms with Gasteiger partial charge in [-0.3, -0.25) is 4.79 Å². The van der Waals surface area contributed by atoms with Crippen LogP contribution < -0.4 is 0 Å². The van der Waals surface area contributed by atoms with Crippen molar-refractivity contribution in [3.63, 3.8) is 0 Å². The summed E-state index contributed by atoms with van der Waals surface area (Å²) in [6, 6.07) is 10.1. The third-order valence-corrected chi connectivity index (χ3v) is 3.04. The fraction of sp³-hybridized carbons (Fsp3) is 0.417. The Morgan fingerprint density at radius 1 is 1.33 bits per heavy atom. The number of hydrogen-bond acceptors (Lipinski definition) is 2. The van der Waals surface area contributed by atoms with Crippen LogP contribution in [0.1, 0.15) is 18.4 Å². The number of halogens is 1. The third-order valence-electron chi connectivity index (χ3n) is 2.24. The Labute approximate surface area is 98.4 Å². The van der Waals surface area contributed by atoms with Crippen molar-refractivity contribution in [1.82, 2.24) is 0 Å². The predicted octanol–water partition coefficient (Wildman–Crippen LogP) is 2.33. The fourth-order valence-electron chi connectivity index (χ4n) is 1.37. The topological polar surface area (TPSA) is 37.3 Å². The number of carbonyl (C=O) groups is 1. The molecule has 0 amide bonds. The van der Waals surface area contributed by atoms with E-state index in [1.54, 1.807) is 0 Å². The van der Waals surface area contributed by atoms with Gasteiger partial charge in [-0.2, -0.15) is 0 Å². The number of aryl methyl sites for hydroxylation is 1. The van der Waals surface area contributed by atoms with Crippen molar-refractivity contribution in [3.8, 4) is 0 Å². The highest BCUT2D eigenvalue weighted by atomic mass is 79.9. The molecule has 0 aromatic heterocycles. The van der Waals surface area contributed by atoms with Gasteiger partial charge in [0.25, 0.3) is 0 Å². The number of rotatable bonds is 6. The first-order valence-corrected chi connectivity index (χ1v) is 5.97. The SMILES string of the molecule is O=C(CCCc1ccccc1)C(Br)CO. The lowest BCUT2D eigenvalue weighted by atomic mass is 10.1. The predicted molar refractivity (Wildman–Crippen MR) is 64.2 cm³/mol. The normalized spacial score (nSPS) is 12.4. The van der Waals surface area contributed by atoms with Crippen LogP contribution in [0.15, 0.2) is 30.3 Å². The molecule has 1 aromatic rings. The van der Waals surface area contributed by atoms with E-state index in [9.17, 15) is 4.79 Å². The first-order chi connectivity index (χ1) is 7.24. The molecular weight excluding hydrogens is 256 g/mol. The molecule has 0 aliphatic carbocycles. The van der Waals surface area contributed by atoms with E-state index in [4.69, 9.17) is 5.11 Å². The highest BCUT2D eigenvalue weighted by molar-refractivity contribution is 9.10. The minimum Gasteiger partial charge on any atom is -0.395 e. The maximum Gasteiger partial charge on any atom is 0.148 e. The summed E-state index contributed by atoms with van der Waals surface area (Å²) in [7, 11) is 0. The van der Waals surface area contributed by atoms with Gasteiger partial charge in [-0.05, 0) is 18.4 Å². The lowest BCUT2D eigenvalue weighted by molar-refractivity contribution is -0.119. The van der Waals surface area contributed by atoms with Crippen molar-refractivity contribution in [3.05, 3.63) is 35.9 Å². The molecule has 1 rings (SSSR count). The van der Waals surface area contributed by atoms with Gasteiger partial charge < -0.3 is 5.11 Å². The van der Waals surface area contributed by atoms with Crippen LogP contribution in [0.25, 0.3) is 0 Å². The molecule has 0 aliphatic rings. The standard InChI is InChI=1S/C12H15BrO2/c13-11(9-14)12(15)8-4-7-10-5-2-1-3-6-10/h1-3,5-6,11,14H,4,7-9H2. The molecule has 0 fully saturated rings. The monoisotopic (exact) mass is 270 g/mol. The molecule has 0 spiro atoms. The second-order valence-electron chi connectivity index (χ2n) is 3.46. The van der Waals surface area contributed by atoms with Gasteiger partial charge in [-0.1, -0.05) is 46.3 Å². The molecule has 15 heavy (non-hydrogen) atoms. The summed E-state index contributed by atoms with van der Waals surface area (Å²) in [6.07, 6.45) is 2.27. The minimum absolute atomic E-state index is 0.0773. The van der Waals surface area contributed by atoms with Gasteiger partial charge in [0.15, 0.2) is 0 Å². The minimum atomic E-state index is -0.395. The third kappa shape index (κ3) is 4.58. The summed E-state index contributed by atoms with van der Waals surface area (Å²) in [5.74, 6) is 0.0773. The van der Waals surface area contributed by atoms with Crippen molar-refractivity contribution >= 4 is 21.7 Å². The number of aliphatic hydroxyl groups is 1. The van der Waals surface area contributed by atoms with Gasteiger partial charge in [0.05, 0.1) is 11.4 Å². The van der Waals surface area contributed by atoms with E-state index >= 15 is 0 Å². The number of benzene rings is 1. The van der Waals surface area contributed by atoms with Crippen LogP contribution in [0.2, 0.25) is 0 Å². The van der Waals surface area contributed by atoms with E-state index in [0.29, 0.717) is 6.42 Å². The Morgan fingerprint density at radius 2 is 2.00 bits per heavy atom. The van der Waals surface area contributed by atoms with Crippen LogP contribution in [-0.4, -0.2) is 22.3 Å². The molecule has 1 unspecified atom stereocenters. The largest absolute Gasteiger partial charge is 0.395 e. The molecule has 1 N–H and O–H groups in total. The first kappa shape index (κ1) is 12.4. The Kier molecular flexibility index (Phi) is 5.58. The van der Waals surface area contributed by atoms with Gasteiger partial charge in [-0.25, -0.2) is 0 Å². The lowest BCUT2D eigenvalue weighted by Gasteiger charge is -2.04. The fourth-order valence-corrected chi connectivity index (χ4v) is 1.60. The summed E-state index contributed by atoms with van der Waals surface area (Å²) in [5.41, 5.74) is 1.25. The van der Waals surface area contributed by atoms with Crippen molar-refractivity contribution < 1.29 is 9.90 Å². The van der Waals surface area contributed by atoms with Crippen LogP contribution in [0.5, 0.6) is 0 Å². The van der Waals surface area contributed by atoms with Crippen molar-refractivity contribution in [2.75, 3.05) is 6.61 Å². The van der Waals surface area contributed by atoms with Gasteiger partial charge in [0.2, 0.25) is 0 Å². The second-order valence-corrected chi connectivity index (χ2v) is 4.56. The zero-order valence-corrected chi connectivity index (χ0v) is 10.1. The van der Waals surface area contributed by atoms with E-state index in [-0.39, 0.29) is 12.4 Å². The number of aliphatic hydroxyl groups excluding tert-OH is 1. The van der Waals surface area contributed by atoms with Crippen LogP contribution in [0, 0.1) is 0 Å². The molecule has 2 nitrogen and oxygen atoms in total. The highest BCUT2D eigenvalue weighted by Crippen LogP contribution is 2.09. The molecule has 0 radical (unpaired) electrons. The molecule has 1 atom stereocenters. The number of alkyl halides is 1. The van der Waals surface area contributed by atoms with Crippen molar-refractivity contribution in [1.29, 1.82) is 0 Å². The Hall–Kier alpha value is -0.670. The molecule has 1 aromatic carbocycles. The van der Waals surface area contributed by atoms with Gasteiger partial charge in [0, 0.05) is 6.42 Å². The van der Waals surface area contributed by atoms with E-state index in [0.717, 1.165) is 12.8 Å². The Morgan fingerprint density at radius 3 is 2.60 bits per heavy atom. The summed E-state index contributed by atoms with van der Waals surface area (Å²) in [5, 5.41) is 8.75. The second kappa shape index (κ2) is 6.75. The smallest absolute Gasteiger partial charge is 0.148 e. The maximum atomic E-state index is 11.4. The van der Waals surface area contributed by atoms with Crippen LogP contribution >= 0.6 is 15.9 Å². The van der Waals surface area contributed by atoms with Crippen LogP contribution in [-0.2, 0) is 11.2 Å². The molecule has 0 heterocycles. The molecule has 0 saturated carbocycles. The average Bonchev–Trinajstić information content (AvgIpc) is 2.29. The van der Waals surface area contributed by atoms with Gasteiger partial charge >= 0.3 is 0 Å². The summed E-state index contributed by atoms with van der Waals surface area (Å²) in [6.45, 7) is -0.121. The maximum absolute atomic E-state index is 11.4. The molecule has 0 bridgehead atoms. The number of ketones is 1. The van der Waals surface area contributed by atoms with Gasteiger partial charge in [0.1, 0.15) is 5.78 Å². The van der Waals surface area contributed by atoms with E-state index in [1.807, 2.05) is 18.2 Å². The lowest BCUT2D eigenvalue weighted by Crippen LogP contribution is -2.17. The molecule has 3 heteroatoms. The molecule has 0 saturated heterocycles. The van der Waals surface area contributed by atoms with Crippen LogP contribution in [0.3, 0.4) is 0 Å². The molecular formula is C12H15BrO2. The van der Waals surface area contributed by atoms with E-state index in [1.165, 1.54) is 5.56 Å². The zero-order chi connectivity index (χ0) is 11.1. The Balaban J connectivity index is 2.25. The Bertz CT molecular complexity index is 298. The first-order valence-electron chi connectivity index (χ1n) is 5.05. The summed E-state index contributed by atoms with van der Waals surface area (Å²) >= 11 is 3.13. The number of carbonyl (C=O) groups excluding carboxylic acids is 1. The molecule has 0 aliphatic heterocycles. The number of hydrogen-bond donors (Lipinski definition) is 1. The van der Waals surface area contributed by atoms with Crippen molar-refractivity contribution in [2.24, 2.45) is 0 Å². The van der Waals surface area contributed by atoms with Crippen molar-refractivity contribution in [2.45, 2.75) is 24.1 Å². The summed E-state index contributed by atoms with van der Waals surface area (Å²) < 4.78 is 0. The highest BCUT2D eigenvalue weighted by Gasteiger charge is 2.12. The number of Topliss-reactive ketones (excluding diaryl/α,β-unsaturated/α-hetero) is 1. The van der Waals surface area contributed by atoms with E-state index < -0.39 is 4.83 Å². The van der Waals surface area contributed by atoms with E-state index in [2.05, 4.69) is 28.1 Å². The average molecular weight is 271 g/mol. The molecule has 82 valence electrons. The van der Waals surface area contributed by atoms with Gasteiger partial charge in [-0.15, -0.1) is 0 Å². The van der Waals surface area contributed by atoms with Crippen LogP contribution in [0.4, 0.5) is 0 Å².